The van der Waals surface area contributed by atoms with Crippen LogP contribution in [0.4, 0.5) is 0 Å². The SMILES string of the molecule is CC1N=C(c2ccc(Cl)cc2)SC1COc1ccc([C@H](CC(=O)O)c2ccon2)cc1. The summed E-state index contributed by atoms with van der Waals surface area (Å²) in [6.45, 7) is 2.61. The first-order chi connectivity index (χ1) is 15.0. The van der Waals surface area contributed by atoms with Gasteiger partial charge in [-0.2, -0.15) is 0 Å². The number of rotatable bonds is 8. The minimum absolute atomic E-state index is 0.0617. The molecule has 1 aliphatic heterocycles. The number of aromatic nitrogens is 1. The van der Waals surface area contributed by atoms with E-state index in [1.807, 2.05) is 48.5 Å². The second-order valence-corrected chi connectivity index (χ2v) is 8.96. The van der Waals surface area contributed by atoms with Gasteiger partial charge in [-0.05, 0) is 36.8 Å². The molecule has 0 radical (unpaired) electrons. The Balaban J connectivity index is 1.37. The van der Waals surface area contributed by atoms with Gasteiger partial charge < -0.3 is 14.4 Å². The number of hydrogen-bond acceptors (Lipinski definition) is 6. The first-order valence-electron chi connectivity index (χ1n) is 9.85. The van der Waals surface area contributed by atoms with Gasteiger partial charge in [0.15, 0.2) is 0 Å². The van der Waals surface area contributed by atoms with E-state index in [2.05, 4.69) is 12.1 Å². The molecule has 6 nitrogen and oxygen atoms in total. The molecule has 0 saturated carbocycles. The molecule has 4 rings (SSSR count). The Morgan fingerprint density at radius 3 is 2.58 bits per heavy atom. The van der Waals surface area contributed by atoms with Gasteiger partial charge >= 0.3 is 5.97 Å². The number of nitrogens with zero attached hydrogens (tertiary/aromatic N) is 2. The van der Waals surface area contributed by atoms with Gasteiger partial charge in [0.05, 0.1) is 28.5 Å². The molecule has 0 spiro atoms. The molecule has 1 aromatic heterocycles. The normalized spacial score (nSPS) is 19.1. The first-order valence-corrected chi connectivity index (χ1v) is 11.1. The van der Waals surface area contributed by atoms with Crippen molar-refractivity contribution in [2.75, 3.05) is 6.61 Å². The number of aliphatic imine (C=N–C) groups is 1. The molecule has 8 heteroatoms. The van der Waals surface area contributed by atoms with Crippen molar-refractivity contribution in [1.82, 2.24) is 5.16 Å². The molecule has 0 amide bonds. The Kier molecular flexibility index (Phi) is 6.63. The van der Waals surface area contributed by atoms with Crippen LogP contribution in [0.5, 0.6) is 5.75 Å². The highest BCUT2D eigenvalue weighted by Crippen LogP contribution is 2.32. The van der Waals surface area contributed by atoms with E-state index < -0.39 is 5.97 Å². The first kappa shape index (κ1) is 21.5. The molecule has 0 aliphatic carbocycles. The van der Waals surface area contributed by atoms with Crippen molar-refractivity contribution < 1.29 is 19.2 Å². The lowest BCUT2D eigenvalue weighted by molar-refractivity contribution is -0.137. The molecule has 160 valence electrons. The number of halogens is 1. The van der Waals surface area contributed by atoms with Gasteiger partial charge in [0.25, 0.3) is 0 Å². The zero-order chi connectivity index (χ0) is 21.8. The topological polar surface area (TPSA) is 84.9 Å². The van der Waals surface area contributed by atoms with Crippen LogP contribution < -0.4 is 4.74 Å². The highest BCUT2D eigenvalue weighted by atomic mass is 35.5. The van der Waals surface area contributed by atoms with Crippen LogP contribution >= 0.6 is 23.4 Å². The Morgan fingerprint density at radius 1 is 1.19 bits per heavy atom. The van der Waals surface area contributed by atoms with E-state index in [-0.39, 0.29) is 23.6 Å². The number of carboxylic acid groups (broad SMARTS) is 1. The highest BCUT2D eigenvalue weighted by molar-refractivity contribution is 8.15. The van der Waals surface area contributed by atoms with Crippen molar-refractivity contribution in [2.24, 2.45) is 4.99 Å². The van der Waals surface area contributed by atoms with Gasteiger partial charge in [-0.15, -0.1) is 0 Å². The second kappa shape index (κ2) is 9.58. The standard InChI is InChI=1S/C23H21ClN2O4S/c1-14-21(31-23(25-14)16-2-6-17(24)7-3-16)13-29-18-8-4-15(5-9-18)19(12-22(27)28)20-10-11-30-26-20/h2-11,14,19,21H,12-13H2,1H3,(H,27,28)/t14?,19-,21?/m0/s1. The summed E-state index contributed by atoms with van der Waals surface area (Å²) in [7, 11) is 0. The van der Waals surface area contributed by atoms with E-state index in [0.29, 0.717) is 17.3 Å². The minimum atomic E-state index is -0.892. The molecule has 2 heterocycles. The maximum absolute atomic E-state index is 11.3. The second-order valence-electron chi connectivity index (χ2n) is 7.29. The van der Waals surface area contributed by atoms with Gasteiger partial charge in [0.1, 0.15) is 18.6 Å². The predicted molar refractivity (Wildman–Crippen MR) is 121 cm³/mol. The van der Waals surface area contributed by atoms with E-state index in [1.54, 1.807) is 17.8 Å². The summed E-state index contributed by atoms with van der Waals surface area (Å²) in [6, 6.07) is 17.0. The summed E-state index contributed by atoms with van der Waals surface area (Å²) in [6.07, 6.45) is 1.39. The molecular weight excluding hydrogens is 436 g/mol. The summed E-state index contributed by atoms with van der Waals surface area (Å²) in [4.78, 5) is 16.0. The lowest BCUT2D eigenvalue weighted by atomic mass is 9.92. The van der Waals surface area contributed by atoms with Gasteiger partial charge in [-0.25, -0.2) is 0 Å². The van der Waals surface area contributed by atoms with Crippen LogP contribution in [0.15, 0.2) is 70.4 Å². The average Bonchev–Trinajstić information content (AvgIpc) is 3.41. The molecule has 0 saturated heterocycles. The number of thioether (sulfide) groups is 1. The number of aliphatic carboxylic acids is 1. The Hall–Kier alpha value is -2.77. The van der Waals surface area contributed by atoms with E-state index in [4.69, 9.17) is 25.9 Å². The molecular formula is C23H21ClN2O4S. The number of ether oxygens (including phenoxy) is 1. The molecule has 3 atom stereocenters. The maximum atomic E-state index is 11.3. The van der Waals surface area contributed by atoms with Crippen molar-refractivity contribution in [2.45, 2.75) is 30.6 Å². The molecule has 0 fully saturated rings. The van der Waals surface area contributed by atoms with Crippen molar-refractivity contribution in [1.29, 1.82) is 0 Å². The van der Waals surface area contributed by atoms with Crippen LogP contribution in [0.2, 0.25) is 5.02 Å². The molecule has 2 unspecified atom stereocenters. The molecule has 0 bridgehead atoms. The lowest BCUT2D eigenvalue weighted by Gasteiger charge is -2.16. The summed E-state index contributed by atoms with van der Waals surface area (Å²) in [5.74, 6) is -0.533. The summed E-state index contributed by atoms with van der Waals surface area (Å²) in [5.41, 5.74) is 2.50. The third kappa shape index (κ3) is 5.29. The smallest absolute Gasteiger partial charge is 0.304 e. The number of carboxylic acids is 1. The zero-order valence-corrected chi connectivity index (χ0v) is 18.3. The monoisotopic (exact) mass is 456 g/mol. The third-order valence-corrected chi connectivity index (χ3v) is 6.75. The van der Waals surface area contributed by atoms with Crippen molar-refractivity contribution in [3.63, 3.8) is 0 Å². The number of hydrogen-bond donors (Lipinski definition) is 1. The van der Waals surface area contributed by atoms with E-state index in [9.17, 15) is 9.90 Å². The van der Waals surface area contributed by atoms with E-state index >= 15 is 0 Å². The lowest BCUT2D eigenvalue weighted by Crippen LogP contribution is -2.22. The predicted octanol–water partition coefficient (Wildman–Crippen LogP) is 5.26. The fraction of sp³-hybridized carbons (Fsp3) is 0.261. The van der Waals surface area contributed by atoms with Crippen LogP contribution in [-0.2, 0) is 4.79 Å². The number of carbonyl (C=O) groups is 1. The van der Waals surface area contributed by atoms with Gasteiger partial charge in [-0.3, -0.25) is 9.79 Å². The Bertz CT molecular complexity index is 1050. The molecule has 1 N–H and O–H groups in total. The maximum Gasteiger partial charge on any atom is 0.304 e. The molecule has 3 aromatic rings. The summed E-state index contributed by atoms with van der Waals surface area (Å²) >= 11 is 7.68. The Labute approximate surface area is 189 Å². The van der Waals surface area contributed by atoms with Crippen LogP contribution in [0.1, 0.15) is 36.1 Å². The number of benzene rings is 2. The van der Waals surface area contributed by atoms with Crippen molar-refractivity contribution in [3.05, 3.63) is 82.7 Å². The van der Waals surface area contributed by atoms with E-state index in [0.717, 1.165) is 21.9 Å². The Morgan fingerprint density at radius 2 is 1.94 bits per heavy atom. The molecule has 2 aromatic carbocycles. The quantitative estimate of drug-likeness (QED) is 0.497. The van der Waals surface area contributed by atoms with E-state index in [1.165, 1.54) is 6.26 Å². The van der Waals surface area contributed by atoms with Gasteiger partial charge in [-0.1, -0.05) is 52.8 Å². The molecule has 1 aliphatic rings. The highest BCUT2D eigenvalue weighted by Gasteiger charge is 2.28. The van der Waals surface area contributed by atoms with Gasteiger partial charge in [0, 0.05) is 22.6 Å². The molecule has 31 heavy (non-hydrogen) atoms. The summed E-state index contributed by atoms with van der Waals surface area (Å²) < 4.78 is 10.9. The largest absolute Gasteiger partial charge is 0.492 e. The van der Waals surface area contributed by atoms with Crippen LogP contribution in [0.25, 0.3) is 0 Å². The average molecular weight is 457 g/mol. The van der Waals surface area contributed by atoms with Crippen LogP contribution in [-0.4, -0.2) is 39.2 Å². The van der Waals surface area contributed by atoms with Crippen LogP contribution in [0.3, 0.4) is 0 Å². The minimum Gasteiger partial charge on any atom is -0.492 e. The van der Waals surface area contributed by atoms with Crippen molar-refractivity contribution in [3.8, 4) is 5.75 Å². The summed E-state index contributed by atoms with van der Waals surface area (Å²) in [5, 5.41) is 15.1. The third-order valence-electron chi connectivity index (χ3n) is 5.10. The zero-order valence-electron chi connectivity index (χ0n) is 16.8. The van der Waals surface area contributed by atoms with Crippen molar-refractivity contribution >= 4 is 34.4 Å². The fourth-order valence-electron chi connectivity index (χ4n) is 3.39. The van der Waals surface area contributed by atoms with Gasteiger partial charge in [0.2, 0.25) is 0 Å². The van der Waals surface area contributed by atoms with Crippen LogP contribution in [0, 0.1) is 0 Å². The fourth-order valence-corrected chi connectivity index (χ4v) is 4.70.